The number of likely N-dealkylation sites (tertiary alicyclic amines) is 1. The molecule has 1 spiro atoms. The standard InChI is InChI=1S/C39H51N9O4/c1-7-19-47-34(49)30-24-40-35(43-33(30)48(47)32-10-8-9-31(42-32)38(5,6)51)41-27-11-13-28(14-12-27)44-20-22-45(23-21-44)29-15-17-39(18-16-29)25-46(26-39)36(50)52-37(2,3)4/h7-14,24,29,51H,1,15-23,25-26H2,2-6H3,(H,40,41,43). The highest BCUT2D eigenvalue weighted by atomic mass is 16.6. The molecule has 1 amide bonds. The van der Waals surface area contributed by atoms with Crippen molar-refractivity contribution in [3.8, 4) is 5.82 Å². The van der Waals surface area contributed by atoms with Gasteiger partial charge in [0.1, 0.15) is 16.6 Å². The quantitative estimate of drug-likeness (QED) is 0.228. The normalized spacial score (nSPS) is 18.4. The largest absolute Gasteiger partial charge is 0.444 e. The summed E-state index contributed by atoms with van der Waals surface area (Å²) in [5.41, 5.74) is 1.30. The first kappa shape index (κ1) is 35.6. The molecular weight excluding hydrogens is 658 g/mol. The number of fused-ring (bicyclic) bond motifs is 1. The van der Waals surface area contributed by atoms with Crippen LogP contribution < -0.4 is 15.8 Å². The fraction of sp³-hybridized carbons (Fsp3) is 0.513. The first-order valence-electron chi connectivity index (χ1n) is 18.4. The number of nitrogens with zero attached hydrogens (tertiary/aromatic N) is 8. The zero-order chi connectivity index (χ0) is 36.8. The molecule has 1 saturated carbocycles. The van der Waals surface area contributed by atoms with Crippen molar-refractivity contribution in [2.24, 2.45) is 5.41 Å². The molecule has 3 aliphatic rings. The van der Waals surface area contributed by atoms with E-state index in [1.807, 2.05) is 37.8 Å². The highest BCUT2D eigenvalue weighted by Crippen LogP contribution is 2.45. The maximum atomic E-state index is 13.4. The van der Waals surface area contributed by atoms with Crippen molar-refractivity contribution in [1.82, 2.24) is 34.1 Å². The highest BCUT2D eigenvalue weighted by molar-refractivity contribution is 5.77. The van der Waals surface area contributed by atoms with Gasteiger partial charge in [-0.1, -0.05) is 12.1 Å². The lowest BCUT2D eigenvalue weighted by molar-refractivity contribution is -0.0585. The van der Waals surface area contributed by atoms with E-state index in [1.165, 1.54) is 42.2 Å². The SMILES string of the molecule is C=CCn1c(=O)c2cnc(Nc3ccc(N4CCN(C5CCC6(CC5)CN(C(=O)OC(C)(C)C)C6)CC4)cc3)nc2n1-c1cccc(C(C)(C)O)n1. The molecule has 0 bridgehead atoms. The van der Waals surface area contributed by atoms with Crippen LogP contribution in [-0.2, 0) is 16.9 Å². The van der Waals surface area contributed by atoms with E-state index in [2.05, 4.69) is 43.8 Å². The van der Waals surface area contributed by atoms with Crippen LogP contribution >= 0.6 is 0 Å². The number of amides is 1. The zero-order valence-corrected chi connectivity index (χ0v) is 31.0. The molecule has 0 unspecified atom stereocenters. The lowest BCUT2D eigenvalue weighted by Gasteiger charge is -2.54. The van der Waals surface area contributed by atoms with Gasteiger partial charge in [-0.2, -0.15) is 4.98 Å². The summed E-state index contributed by atoms with van der Waals surface area (Å²) in [5, 5.41) is 14.2. The average molecular weight is 710 g/mol. The molecule has 276 valence electrons. The first-order chi connectivity index (χ1) is 24.7. The number of carbonyl (C=O) groups is 1. The fourth-order valence-corrected chi connectivity index (χ4v) is 7.84. The minimum absolute atomic E-state index is 0.179. The van der Waals surface area contributed by atoms with Gasteiger partial charge in [0.15, 0.2) is 11.5 Å². The van der Waals surface area contributed by atoms with Crippen LogP contribution in [0.2, 0.25) is 0 Å². The number of anilines is 3. The second kappa shape index (κ2) is 13.7. The first-order valence-corrected chi connectivity index (χ1v) is 18.4. The summed E-state index contributed by atoms with van der Waals surface area (Å²) in [6.07, 6.45) is 7.73. The predicted octanol–water partition coefficient (Wildman–Crippen LogP) is 5.44. The molecule has 1 aromatic carbocycles. The Balaban J connectivity index is 0.964. The van der Waals surface area contributed by atoms with Crippen LogP contribution in [0.5, 0.6) is 0 Å². The average Bonchev–Trinajstić information content (AvgIpc) is 3.37. The second-order valence-electron chi connectivity index (χ2n) is 16.1. The summed E-state index contributed by atoms with van der Waals surface area (Å²) in [4.78, 5) is 46.7. The molecule has 0 radical (unpaired) electrons. The van der Waals surface area contributed by atoms with Crippen molar-refractivity contribution in [2.45, 2.75) is 84.1 Å². The van der Waals surface area contributed by atoms with Gasteiger partial charge < -0.3 is 25.0 Å². The van der Waals surface area contributed by atoms with Crippen LogP contribution in [0, 0.1) is 5.41 Å². The number of carbonyl (C=O) groups excluding carboxylic acids is 1. The molecule has 13 heteroatoms. The Morgan fingerprint density at radius 2 is 1.71 bits per heavy atom. The Bertz CT molecular complexity index is 1980. The van der Waals surface area contributed by atoms with Crippen molar-refractivity contribution in [1.29, 1.82) is 0 Å². The van der Waals surface area contributed by atoms with E-state index in [1.54, 1.807) is 42.8 Å². The lowest BCUT2D eigenvalue weighted by Crippen LogP contribution is -2.61. The molecule has 3 aromatic heterocycles. The number of piperazine rings is 1. The molecule has 5 heterocycles. The van der Waals surface area contributed by atoms with Crippen molar-refractivity contribution in [2.75, 3.05) is 49.5 Å². The smallest absolute Gasteiger partial charge is 0.410 e. The van der Waals surface area contributed by atoms with Crippen molar-refractivity contribution in [3.63, 3.8) is 0 Å². The number of hydrogen-bond donors (Lipinski definition) is 2. The van der Waals surface area contributed by atoms with Crippen molar-refractivity contribution < 1.29 is 14.6 Å². The molecule has 4 aromatic rings. The van der Waals surface area contributed by atoms with Gasteiger partial charge in [-0.05, 0) is 96.7 Å². The number of benzene rings is 1. The number of aromatic nitrogens is 5. The summed E-state index contributed by atoms with van der Waals surface area (Å²) >= 11 is 0. The second-order valence-corrected chi connectivity index (χ2v) is 16.1. The maximum absolute atomic E-state index is 13.4. The summed E-state index contributed by atoms with van der Waals surface area (Å²) in [6, 6.07) is 14.2. The Hall–Kier alpha value is -4.75. The van der Waals surface area contributed by atoms with E-state index in [0.29, 0.717) is 34.5 Å². The van der Waals surface area contributed by atoms with Crippen LogP contribution in [0.15, 0.2) is 66.1 Å². The van der Waals surface area contributed by atoms with Gasteiger partial charge >= 0.3 is 6.09 Å². The Morgan fingerprint density at radius 3 is 2.35 bits per heavy atom. The predicted molar refractivity (Wildman–Crippen MR) is 202 cm³/mol. The summed E-state index contributed by atoms with van der Waals surface area (Å²) in [5.74, 6) is 0.811. The van der Waals surface area contributed by atoms with E-state index in [0.717, 1.165) is 45.0 Å². The van der Waals surface area contributed by atoms with Gasteiger partial charge in [0.2, 0.25) is 5.95 Å². The summed E-state index contributed by atoms with van der Waals surface area (Å²) in [6.45, 7) is 18.8. The van der Waals surface area contributed by atoms with E-state index in [4.69, 9.17) is 9.72 Å². The zero-order valence-electron chi connectivity index (χ0n) is 31.0. The molecule has 2 N–H and O–H groups in total. The number of nitrogens with one attached hydrogen (secondary N) is 1. The Morgan fingerprint density at radius 1 is 1.02 bits per heavy atom. The van der Waals surface area contributed by atoms with Gasteiger partial charge in [0, 0.05) is 68.3 Å². The van der Waals surface area contributed by atoms with Crippen LogP contribution in [0.4, 0.5) is 22.1 Å². The molecule has 2 saturated heterocycles. The highest BCUT2D eigenvalue weighted by Gasteiger charge is 2.48. The molecule has 13 nitrogen and oxygen atoms in total. The molecule has 2 aliphatic heterocycles. The van der Waals surface area contributed by atoms with E-state index in [-0.39, 0.29) is 23.6 Å². The Labute approximate surface area is 304 Å². The van der Waals surface area contributed by atoms with Gasteiger partial charge in [-0.15, -0.1) is 6.58 Å². The van der Waals surface area contributed by atoms with Crippen molar-refractivity contribution >= 4 is 34.4 Å². The molecule has 0 atom stereocenters. The molecular formula is C39H51N9O4. The lowest BCUT2D eigenvalue weighted by atomic mass is 9.67. The van der Waals surface area contributed by atoms with Crippen LogP contribution in [-0.4, -0.2) is 96.2 Å². The molecule has 3 fully saturated rings. The van der Waals surface area contributed by atoms with Gasteiger partial charge in [-0.25, -0.2) is 24.1 Å². The molecule has 7 rings (SSSR count). The summed E-state index contributed by atoms with van der Waals surface area (Å²) in [7, 11) is 0. The van der Waals surface area contributed by atoms with E-state index >= 15 is 0 Å². The minimum atomic E-state index is -1.16. The van der Waals surface area contributed by atoms with E-state index < -0.39 is 11.2 Å². The number of allylic oxidation sites excluding steroid dienone is 1. The van der Waals surface area contributed by atoms with Crippen LogP contribution in [0.25, 0.3) is 16.9 Å². The number of hydrogen-bond acceptors (Lipinski definition) is 10. The van der Waals surface area contributed by atoms with E-state index in [9.17, 15) is 14.7 Å². The number of aliphatic hydroxyl groups is 1. The van der Waals surface area contributed by atoms with Crippen LogP contribution in [0.1, 0.15) is 66.0 Å². The third-order valence-electron chi connectivity index (χ3n) is 10.6. The van der Waals surface area contributed by atoms with Crippen LogP contribution in [0.3, 0.4) is 0 Å². The fourth-order valence-electron chi connectivity index (χ4n) is 7.84. The number of pyridine rings is 1. The van der Waals surface area contributed by atoms with Gasteiger partial charge in [0.05, 0.1) is 12.2 Å². The monoisotopic (exact) mass is 709 g/mol. The number of ether oxygens (including phenoxy) is 1. The summed E-state index contributed by atoms with van der Waals surface area (Å²) < 4.78 is 8.74. The third kappa shape index (κ3) is 7.29. The minimum Gasteiger partial charge on any atom is -0.444 e. The number of rotatable bonds is 8. The molecule has 1 aliphatic carbocycles. The van der Waals surface area contributed by atoms with Gasteiger partial charge in [-0.3, -0.25) is 9.69 Å². The topological polar surface area (TPSA) is 134 Å². The maximum Gasteiger partial charge on any atom is 0.410 e. The Kier molecular flexibility index (Phi) is 9.37. The molecule has 52 heavy (non-hydrogen) atoms. The third-order valence-corrected chi connectivity index (χ3v) is 10.6. The van der Waals surface area contributed by atoms with Crippen molar-refractivity contribution in [3.05, 3.63) is 77.4 Å². The van der Waals surface area contributed by atoms with Gasteiger partial charge in [0.25, 0.3) is 5.56 Å².